The highest BCUT2D eigenvalue weighted by atomic mass is 79.9. The van der Waals surface area contributed by atoms with Gasteiger partial charge in [0.2, 0.25) is 0 Å². The van der Waals surface area contributed by atoms with Crippen LogP contribution in [-0.4, -0.2) is 16.1 Å². The predicted molar refractivity (Wildman–Crippen MR) is 83.9 cm³/mol. The number of nitrogens with two attached hydrogens (primary N) is 1. The Labute approximate surface area is 127 Å². The number of thiophene rings is 1. The quantitative estimate of drug-likeness (QED) is 0.744. The maximum Gasteiger partial charge on any atom is 0.267 e. The van der Waals surface area contributed by atoms with Crippen molar-refractivity contribution in [2.45, 2.75) is 0 Å². The van der Waals surface area contributed by atoms with Crippen molar-refractivity contribution in [2.75, 3.05) is 11.1 Å². The normalized spacial score (nSPS) is 10.7. The predicted octanol–water partition coefficient (Wildman–Crippen LogP) is 3.29. The second-order valence-corrected chi connectivity index (χ2v) is 5.88. The van der Waals surface area contributed by atoms with Crippen LogP contribution in [-0.2, 0) is 0 Å². The maximum atomic E-state index is 12.3. The summed E-state index contributed by atoms with van der Waals surface area (Å²) >= 11 is 4.62. The highest BCUT2D eigenvalue weighted by Gasteiger charge is 2.17. The van der Waals surface area contributed by atoms with Gasteiger partial charge in [-0.3, -0.25) is 4.79 Å². The van der Waals surface area contributed by atoms with Crippen LogP contribution in [0.5, 0.6) is 0 Å². The summed E-state index contributed by atoms with van der Waals surface area (Å²) in [6, 6.07) is 9.15. The molecule has 0 aliphatic heterocycles. The number of carbonyl (C=O) groups excluding carboxylic acids is 1. The Bertz CT molecular complexity index is 802. The zero-order valence-corrected chi connectivity index (χ0v) is 12.5. The van der Waals surface area contributed by atoms with Gasteiger partial charge in [-0.25, -0.2) is 0 Å². The largest absolute Gasteiger partial charge is 0.397 e. The molecule has 2 heterocycles. The van der Waals surface area contributed by atoms with Crippen molar-refractivity contribution in [3.05, 3.63) is 45.9 Å². The van der Waals surface area contributed by atoms with E-state index in [9.17, 15) is 4.79 Å². The lowest BCUT2D eigenvalue weighted by molar-refractivity contribution is 0.103. The van der Waals surface area contributed by atoms with Crippen LogP contribution in [0.15, 0.2) is 41.0 Å². The average molecular weight is 349 g/mol. The molecular formula is C13H9BrN4OS. The third kappa shape index (κ3) is 2.25. The van der Waals surface area contributed by atoms with Gasteiger partial charge >= 0.3 is 0 Å². The summed E-state index contributed by atoms with van der Waals surface area (Å²) in [7, 11) is 0. The van der Waals surface area contributed by atoms with Crippen LogP contribution < -0.4 is 11.1 Å². The van der Waals surface area contributed by atoms with Crippen LogP contribution in [0.25, 0.3) is 10.2 Å². The molecule has 0 saturated heterocycles. The van der Waals surface area contributed by atoms with E-state index in [1.165, 1.54) is 11.3 Å². The Morgan fingerprint density at radius 2 is 2.10 bits per heavy atom. The molecule has 20 heavy (non-hydrogen) atoms. The Kier molecular flexibility index (Phi) is 3.37. The number of para-hydroxylation sites is 1. The number of nitrogens with zero attached hydrogens (tertiary/aromatic N) is 2. The summed E-state index contributed by atoms with van der Waals surface area (Å²) in [5.41, 5.74) is 7.13. The van der Waals surface area contributed by atoms with E-state index >= 15 is 0 Å². The van der Waals surface area contributed by atoms with Gasteiger partial charge in [-0.15, -0.1) is 16.4 Å². The van der Waals surface area contributed by atoms with Crippen LogP contribution >= 0.6 is 27.3 Å². The minimum atomic E-state index is -0.252. The highest BCUT2D eigenvalue weighted by Crippen LogP contribution is 2.32. The number of nitrogens with one attached hydrogen (secondary N) is 1. The summed E-state index contributed by atoms with van der Waals surface area (Å²) in [6.07, 6.45) is 1.56. The Morgan fingerprint density at radius 1 is 1.30 bits per heavy atom. The molecular weight excluding hydrogens is 340 g/mol. The SMILES string of the molecule is Nc1c(C(=O)Nc2ccccc2Br)sc2nnccc12. The number of fused-ring (bicyclic) bond motifs is 1. The summed E-state index contributed by atoms with van der Waals surface area (Å²) in [4.78, 5) is 13.4. The first kappa shape index (κ1) is 13.0. The summed E-state index contributed by atoms with van der Waals surface area (Å²) < 4.78 is 0.813. The van der Waals surface area contributed by atoms with Crippen molar-refractivity contribution in [1.82, 2.24) is 10.2 Å². The van der Waals surface area contributed by atoms with Crippen molar-refractivity contribution >= 4 is 54.8 Å². The molecule has 0 aliphatic rings. The average Bonchev–Trinajstić information content (AvgIpc) is 2.79. The third-order valence-electron chi connectivity index (χ3n) is 2.75. The third-order valence-corrected chi connectivity index (χ3v) is 4.54. The fourth-order valence-electron chi connectivity index (χ4n) is 1.78. The van der Waals surface area contributed by atoms with Gasteiger partial charge in [0.1, 0.15) is 9.71 Å². The zero-order chi connectivity index (χ0) is 14.1. The van der Waals surface area contributed by atoms with Crippen LogP contribution in [0.3, 0.4) is 0 Å². The number of benzene rings is 1. The molecule has 0 bridgehead atoms. The molecule has 1 aromatic carbocycles. The fourth-order valence-corrected chi connectivity index (χ4v) is 3.10. The second kappa shape index (κ2) is 5.18. The molecule has 0 atom stereocenters. The summed E-state index contributed by atoms with van der Waals surface area (Å²) in [5.74, 6) is -0.252. The van der Waals surface area contributed by atoms with E-state index in [4.69, 9.17) is 5.73 Å². The monoisotopic (exact) mass is 348 g/mol. The van der Waals surface area contributed by atoms with E-state index in [1.807, 2.05) is 24.3 Å². The second-order valence-electron chi connectivity index (χ2n) is 4.03. The number of hydrogen-bond acceptors (Lipinski definition) is 5. The van der Waals surface area contributed by atoms with Crippen molar-refractivity contribution in [3.8, 4) is 0 Å². The number of rotatable bonds is 2. The Hall–Kier alpha value is -1.99. The molecule has 1 amide bonds. The number of hydrogen-bond donors (Lipinski definition) is 2. The van der Waals surface area contributed by atoms with Gasteiger partial charge in [0.15, 0.2) is 0 Å². The molecule has 3 rings (SSSR count). The smallest absolute Gasteiger partial charge is 0.267 e. The van der Waals surface area contributed by atoms with Crippen molar-refractivity contribution < 1.29 is 4.79 Å². The molecule has 0 unspecified atom stereocenters. The van der Waals surface area contributed by atoms with Gasteiger partial charge < -0.3 is 11.1 Å². The molecule has 0 radical (unpaired) electrons. The van der Waals surface area contributed by atoms with Gasteiger partial charge in [-0.1, -0.05) is 12.1 Å². The molecule has 0 saturated carbocycles. The topological polar surface area (TPSA) is 80.9 Å². The van der Waals surface area contributed by atoms with Gasteiger partial charge in [-0.2, -0.15) is 5.10 Å². The molecule has 100 valence electrons. The number of nitrogen functional groups attached to an aromatic ring is 1. The van der Waals surface area contributed by atoms with E-state index in [-0.39, 0.29) is 5.91 Å². The zero-order valence-electron chi connectivity index (χ0n) is 10.1. The van der Waals surface area contributed by atoms with Crippen molar-refractivity contribution in [3.63, 3.8) is 0 Å². The standard InChI is InChI=1S/C13H9BrN4OS/c14-8-3-1-2-4-9(8)17-12(19)11-10(15)7-5-6-16-18-13(7)20-11/h1-6H,15H2,(H,17,19). The Balaban J connectivity index is 1.97. The fraction of sp³-hybridized carbons (Fsp3) is 0. The number of amides is 1. The van der Waals surface area contributed by atoms with E-state index in [1.54, 1.807) is 12.3 Å². The summed E-state index contributed by atoms with van der Waals surface area (Å²) in [5, 5.41) is 11.3. The van der Waals surface area contributed by atoms with Crippen LogP contribution in [0.1, 0.15) is 9.67 Å². The van der Waals surface area contributed by atoms with Gasteiger partial charge in [-0.05, 0) is 34.1 Å². The van der Waals surface area contributed by atoms with Crippen LogP contribution in [0.4, 0.5) is 11.4 Å². The van der Waals surface area contributed by atoms with Gasteiger partial charge in [0.25, 0.3) is 5.91 Å². The van der Waals surface area contributed by atoms with E-state index in [0.29, 0.717) is 21.1 Å². The van der Waals surface area contributed by atoms with E-state index < -0.39 is 0 Å². The van der Waals surface area contributed by atoms with Crippen molar-refractivity contribution in [1.29, 1.82) is 0 Å². The lowest BCUT2D eigenvalue weighted by Gasteiger charge is -2.06. The molecule has 0 spiro atoms. The lowest BCUT2D eigenvalue weighted by Crippen LogP contribution is -2.12. The van der Waals surface area contributed by atoms with E-state index in [0.717, 1.165) is 9.86 Å². The van der Waals surface area contributed by atoms with Gasteiger partial charge in [0.05, 0.1) is 17.6 Å². The van der Waals surface area contributed by atoms with E-state index in [2.05, 4.69) is 31.4 Å². The Morgan fingerprint density at radius 3 is 2.85 bits per heavy atom. The van der Waals surface area contributed by atoms with Crippen LogP contribution in [0, 0.1) is 0 Å². The number of anilines is 2. The molecule has 2 aromatic heterocycles. The minimum Gasteiger partial charge on any atom is -0.397 e. The number of carbonyl (C=O) groups is 1. The number of aromatic nitrogens is 2. The lowest BCUT2D eigenvalue weighted by atomic mass is 10.2. The first-order valence-electron chi connectivity index (χ1n) is 5.72. The number of halogens is 1. The molecule has 0 fully saturated rings. The minimum absolute atomic E-state index is 0.252. The van der Waals surface area contributed by atoms with Gasteiger partial charge in [0, 0.05) is 9.86 Å². The first-order chi connectivity index (χ1) is 9.66. The van der Waals surface area contributed by atoms with Crippen molar-refractivity contribution in [2.24, 2.45) is 0 Å². The molecule has 7 heteroatoms. The first-order valence-corrected chi connectivity index (χ1v) is 7.33. The molecule has 3 N–H and O–H groups in total. The highest BCUT2D eigenvalue weighted by molar-refractivity contribution is 9.10. The van der Waals surface area contributed by atoms with Crippen LogP contribution in [0.2, 0.25) is 0 Å². The maximum absolute atomic E-state index is 12.3. The molecule has 3 aromatic rings. The molecule has 0 aliphatic carbocycles. The summed E-state index contributed by atoms with van der Waals surface area (Å²) in [6.45, 7) is 0. The molecule has 5 nitrogen and oxygen atoms in total.